The zero-order chi connectivity index (χ0) is 39.8. The molecule has 3 fully saturated rings. The molecule has 13 nitrogen and oxygen atoms in total. The molecule has 3 rings (SSSR count). The van der Waals surface area contributed by atoms with Crippen LogP contribution in [0, 0.1) is 36.0 Å². The van der Waals surface area contributed by atoms with Gasteiger partial charge in [0.15, 0.2) is 12.1 Å². The number of hydrogen-bond acceptors (Lipinski definition) is 13. The summed E-state index contributed by atoms with van der Waals surface area (Å²) in [4.78, 5) is 36.1. The Balaban J connectivity index is 2.14. The number of likely N-dealkylation sites (N-methyl/N-ethyl adjacent to an activating group) is 1. The van der Waals surface area contributed by atoms with E-state index in [1.54, 1.807) is 27.7 Å². The molecule has 13 atom stereocenters. The molecule has 1 saturated carbocycles. The van der Waals surface area contributed by atoms with E-state index in [9.17, 15) is 24.9 Å². The summed E-state index contributed by atoms with van der Waals surface area (Å²) in [6.07, 6.45) is 3.90. The van der Waals surface area contributed by atoms with E-state index in [1.807, 2.05) is 32.7 Å². The van der Waals surface area contributed by atoms with Crippen LogP contribution in [-0.4, -0.2) is 125 Å². The Morgan fingerprint density at radius 2 is 1.72 bits per heavy atom. The summed E-state index contributed by atoms with van der Waals surface area (Å²) in [5.41, 5.74) is 3.53. The number of aliphatic hydroxyl groups excluding tert-OH is 2. The van der Waals surface area contributed by atoms with Gasteiger partial charge in [-0.15, -0.1) is 12.3 Å². The van der Waals surface area contributed by atoms with Crippen LogP contribution in [0.5, 0.6) is 0 Å². The number of Topliss-reactive ketones (excluding diaryl/α,β-unsaturated/α-hetero) is 1. The largest absolute Gasteiger partial charge is 0.459 e. The number of hydrogen-bond donors (Lipinski definition) is 4. The third-order valence-electron chi connectivity index (χ3n) is 12.3. The van der Waals surface area contributed by atoms with Gasteiger partial charge in [0.2, 0.25) is 0 Å². The minimum absolute atomic E-state index is 0.0683. The van der Waals surface area contributed by atoms with Gasteiger partial charge in [-0.25, -0.2) is 0 Å². The maximum absolute atomic E-state index is 14.3. The lowest BCUT2D eigenvalue weighted by Gasteiger charge is -2.47. The second-order valence-electron chi connectivity index (χ2n) is 16.2. The predicted octanol–water partition coefficient (Wildman–Crippen LogP) is 3.58. The van der Waals surface area contributed by atoms with E-state index in [0.29, 0.717) is 25.1 Å². The van der Waals surface area contributed by atoms with Crippen LogP contribution in [0.2, 0.25) is 0 Å². The van der Waals surface area contributed by atoms with Crippen LogP contribution < -0.4 is 5.73 Å². The van der Waals surface area contributed by atoms with Crippen molar-refractivity contribution in [3.63, 3.8) is 0 Å². The molecule has 0 aromatic heterocycles. The summed E-state index contributed by atoms with van der Waals surface area (Å²) in [6, 6.07) is -0.219. The zero-order valence-electron chi connectivity index (χ0n) is 33.8. The van der Waals surface area contributed by atoms with E-state index in [0.717, 1.165) is 25.7 Å². The Kier molecular flexibility index (Phi) is 16.8. The van der Waals surface area contributed by atoms with Gasteiger partial charge in [0.05, 0.1) is 29.6 Å². The van der Waals surface area contributed by atoms with E-state index in [4.69, 9.17) is 41.1 Å². The van der Waals surface area contributed by atoms with Crippen LogP contribution >= 0.6 is 0 Å². The number of nitrogens with two attached hydrogens (primary N) is 1. The van der Waals surface area contributed by atoms with Crippen LogP contribution in [0.4, 0.5) is 0 Å². The number of methoxy groups -OCH3 is 1. The van der Waals surface area contributed by atoms with Crippen molar-refractivity contribution in [2.45, 2.75) is 179 Å². The minimum Gasteiger partial charge on any atom is -0.459 e. The summed E-state index contributed by atoms with van der Waals surface area (Å²) >= 11 is 0. The summed E-state index contributed by atoms with van der Waals surface area (Å²) in [6.45, 7) is 14.6. The van der Waals surface area contributed by atoms with Crippen molar-refractivity contribution in [3.05, 3.63) is 0 Å². The number of rotatable bonds is 10. The molecule has 0 radical (unpaired) electrons. The molecule has 2 saturated heterocycles. The summed E-state index contributed by atoms with van der Waals surface area (Å²) in [5, 5.41) is 40.4. The van der Waals surface area contributed by atoms with E-state index >= 15 is 0 Å². The number of ether oxygens (including phenoxy) is 4. The quantitative estimate of drug-likeness (QED) is 0.110. The zero-order valence-corrected chi connectivity index (χ0v) is 33.8. The Labute approximate surface area is 317 Å². The highest BCUT2D eigenvalue weighted by Crippen LogP contribution is 2.39. The van der Waals surface area contributed by atoms with Crippen LogP contribution in [0.15, 0.2) is 5.16 Å². The fourth-order valence-corrected chi connectivity index (χ4v) is 8.56. The third-order valence-corrected chi connectivity index (χ3v) is 12.3. The molecule has 2 aliphatic heterocycles. The maximum Gasteiger partial charge on any atom is 0.316 e. The molecule has 0 bridgehead atoms. The molecule has 304 valence electrons. The lowest BCUT2D eigenvalue weighted by atomic mass is 9.73. The fourth-order valence-electron chi connectivity index (χ4n) is 8.56. The summed E-state index contributed by atoms with van der Waals surface area (Å²) < 4.78 is 25.1. The lowest BCUT2D eigenvalue weighted by molar-refractivity contribution is -0.295. The standard InChI is InChI=1S/C40H69N3O10/c1-12-15-20-43(10)30-21-24(5)50-38(34(30)45)52-36-26(7)33(44)27(8)37(47)51-31(13-2)40(48,14-3)35(46)25(6)32(23(4)22-39(36,9)49-11)42-53-29-18-16-28(41)17-19-29/h1,23-31,34-36,38,45-46,48H,13-22,41H2,2-11H3/b42-32+/t23-,24-,25+,26+,27-,28-,29+,30+,31-,34-,35-,36-,38+,39-,40-/m1/s1. The number of terminal acetylenes is 1. The highest BCUT2D eigenvalue weighted by molar-refractivity contribution is 6.00. The number of nitrogens with zero attached hydrogens (tertiary/aromatic N) is 2. The summed E-state index contributed by atoms with van der Waals surface area (Å²) in [5.74, 6) is -2.02. The number of cyclic esters (lactones) is 1. The molecule has 5 N–H and O–H groups in total. The van der Waals surface area contributed by atoms with Gasteiger partial charge in [-0.05, 0) is 79.2 Å². The van der Waals surface area contributed by atoms with E-state index in [-0.39, 0.29) is 43.6 Å². The van der Waals surface area contributed by atoms with E-state index in [2.05, 4.69) is 5.92 Å². The smallest absolute Gasteiger partial charge is 0.316 e. The highest BCUT2D eigenvalue weighted by Gasteiger charge is 2.52. The fraction of sp³-hybridized carbons (Fsp3) is 0.875. The Bertz CT molecular complexity index is 1270. The topological polar surface area (TPSA) is 183 Å². The molecule has 0 aromatic carbocycles. The van der Waals surface area contributed by atoms with Gasteiger partial charge < -0.3 is 44.8 Å². The Morgan fingerprint density at radius 3 is 2.28 bits per heavy atom. The molecular formula is C40H69N3O10. The molecule has 53 heavy (non-hydrogen) atoms. The number of oxime groups is 1. The van der Waals surface area contributed by atoms with Crippen molar-refractivity contribution in [1.82, 2.24) is 4.90 Å². The normalized spacial score (nSPS) is 43.2. The number of ketones is 1. The summed E-state index contributed by atoms with van der Waals surface area (Å²) in [7, 11) is 3.42. The Morgan fingerprint density at radius 1 is 1.08 bits per heavy atom. The van der Waals surface area contributed by atoms with Crippen molar-refractivity contribution < 1.29 is 48.7 Å². The minimum atomic E-state index is -1.86. The van der Waals surface area contributed by atoms with Gasteiger partial charge in [-0.2, -0.15) is 0 Å². The average molecular weight is 752 g/mol. The van der Waals surface area contributed by atoms with Gasteiger partial charge in [0, 0.05) is 49.9 Å². The molecule has 0 spiro atoms. The number of carbonyl (C=O) groups excluding carboxylic acids is 2. The monoisotopic (exact) mass is 751 g/mol. The Hall–Kier alpha value is -2.15. The predicted molar refractivity (Wildman–Crippen MR) is 202 cm³/mol. The van der Waals surface area contributed by atoms with Gasteiger partial charge in [0.25, 0.3) is 0 Å². The van der Waals surface area contributed by atoms with Gasteiger partial charge in [-0.3, -0.25) is 14.5 Å². The molecular weight excluding hydrogens is 682 g/mol. The van der Waals surface area contributed by atoms with Crippen molar-refractivity contribution in [3.8, 4) is 12.3 Å². The molecule has 1 aliphatic carbocycles. The molecule has 0 aromatic rings. The van der Waals surface area contributed by atoms with Crippen LogP contribution in [0.1, 0.15) is 113 Å². The maximum atomic E-state index is 14.3. The first-order valence-electron chi connectivity index (χ1n) is 19.7. The number of esters is 1. The van der Waals surface area contributed by atoms with Crippen molar-refractivity contribution >= 4 is 17.5 Å². The first-order chi connectivity index (χ1) is 24.9. The first-order valence-corrected chi connectivity index (χ1v) is 19.7. The van der Waals surface area contributed by atoms with E-state index in [1.165, 1.54) is 14.0 Å². The SMILES string of the molecule is C#CCCN(C)[C@H]1C[C@@H](C)O[C@@H](O[C@@H]2[C@@H](C)C(=O)[C@@H](C)C(=O)O[C@H](CC)[C@](O)(CC)[C@H](O)[C@@H](C)/C(=N/O[C@H]3CC[C@@H](N)CC3)[C@H](C)C[C@@]2(C)OC)[C@@H]1O. The second-order valence-corrected chi connectivity index (χ2v) is 16.2. The average Bonchev–Trinajstić information content (AvgIpc) is 3.14. The first kappa shape index (κ1) is 45.2. The molecule has 13 heteroatoms. The van der Waals surface area contributed by atoms with E-state index < -0.39 is 77.3 Å². The van der Waals surface area contributed by atoms with Gasteiger partial charge in [0.1, 0.15) is 29.8 Å². The van der Waals surface area contributed by atoms with Crippen LogP contribution in [-0.2, 0) is 33.4 Å². The molecule has 0 unspecified atom stereocenters. The van der Waals surface area contributed by atoms with Crippen molar-refractivity contribution in [2.24, 2.45) is 34.6 Å². The number of carbonyl (C=O) groups is 2. The van der Waals surface area contributed by atoms with Gasteiger partial charge in [-0.1, -0.05) is 39.8 Å². The second kappa shape index (κ2) is 19.6. The third kappa shape index (κ3) is 10.6. The lowest BCUT2D eigenvalue weighted by Crippen LogP contribution is -2.60. The van der Waals surface area contributed by atoms with Gasteiger partial charge >= 0.3 is 5.97 Å². The molecule has 0 amide bonds. The van der Waals surface area contributed by atoms with Crippen molar-refractivity contribution in [2.75, 3.05) is 20.7 Å². The number of aliphatic hydroxyl groups is 3. The van der Waals surface area contributed by atoms with Crippen molar-refractivity contribution in [1.29, 1.82) is 0 Å². The molecule has 2 heterocycles. The molecule has 3 aliphatic rings. The van der Waals surface area contributed by atoms with Crippen LogP contribution in [0.3, 0.4) is 0 Å². The highest BCUT2D eigenvalue weighted by atomic mass is 16.7. The van der Waals surface area contributed by atoms with Crippen LogP contribution in [0.25, 0.3) is 0 Å².